The van der Waals surface area contributed by atoms with Gasteiger partial charge < -0.3 is 0 Å². The molecule has 9 rings (SSSR count). The summed E-state index contributed by atoms with van der Waals surface area (Å²) in [6, 6.07) is 57.5. The van der Waals surface area contributed by atoms with Crippen LogP contribution >= 0.6 is 0 Å². The second-order valence-corrected chi connectivity index (χ2v) is 12.8. The summed E-state index contributed by atoms with van der Waals surface area (Å²) in [5.74, 6) is 1.80. The number of hydrazone groups is 1. The molecule has 6 nitrogen and oxygen atoms in total. The first-order valence-electron chi connectivity index (χ1n) is 17.5. The minimum Gasteiger partial charge on any atom is -0.299 e. The van der Waals surface area contributed by atoms with Gasteiger partial charge in [-0.1, -0.05) is 158 Å². The number of benzene rings is 7. The van der Waals surface area contributed by atoms with Gasteiger partial charge in [-0.05, 0) is 62.9 Å². The van der Waals surface area contributed by atoms with Crippen LogP contribution in [-0.4, -0.2) is 26.4 Å². The normalized spacial score (nSPS) is 12.9. The molecule has 1 aliphatic rings. The van der Waals surface area contributed by atoms with Crippen LogP contribution in [0.2, 0.25) is 0 Å². The van der Waals surface area contributed by atoms with Gasteiger partial charge in [0, 0.05) is 22.3 Å². The molecule has 1 aromatic heterocycles. The van der Waals surface area contributed by atoms with Crippen molar-refractivity contribution in [3.8, 4) is 56.4 Å². The summed E-state index contributed by atoms with van der Waals surface area (Å²) in [7, 11) is 0. The van der Waals surface area contributed by atoms with Gasteiger partial charge in [-0.2, -0.15) is 5.10 Å². The fraction of sp³-hybridized carbons (Fsp3) is 0. The second kappa shape index (κ2) is 13.8. The molecule has 6 heteroatoms. The van der Waals surface area contributed by atoms with Crippen molar-refractivity contribution in [3.05, 3.63) is 187 Å². The maximum atomic E-state index is 8.84. The summed E-state index contributed by atoms with van der Waals surface area (Å²) >= 11 is 0. The molecule has 0 amide bonds. The van der Waals surface area contributed by atoms with Gasteiger partial charge in [-0.3, -0.25) is 10.8 Å². The Labute approximate surface area is 307 Å². The Hall–Kier alpha value is -7.31. The standard InChI is InChI=1S/C47H32N6/c48-42-29-28-34-24-22-33-23-27-37(30-41(33)43(34)44(42)53-52-38-16-8-3-9-17-38)39-18-10-11-19-40(39)47-50-45(35-14-6-2-7-15-35)49-46(51-47)36-25-20-32(21-26-36)31-12-4-1-5-13-31/h1-30,48,52H/b48-42?,53-44+. The SMILES string of the molecule is N=C1C=Cc2ccc3ccc(-c4ccccc4-c4nc(-c5ccccc5)nc(-c5ccc(-c6ccccc6)cc5)n4)cc3c2/C1=N/Nc1ccccc1. The molecule has 0 fully saturated rings. The summed E-state index contributed by atoms with van der Waals surface area (Å²) in [5.41, 5.74) is 13.9. The molecule has 0 spiro atoms. The third-order valence-electron chi connectivity index (χ3n) is 9.44. The third-order valence-corrected chi connectivity index (χ3v) is 9.44. The highest BCUT2D eigenvalue weighted by atomic mass is 15.3. The summed E-state index contributed by atoms with van der Waals surface area (Å²) in [5, 5.41) is 15.7. The Morgan fingerprint density at radius 3 is 1.70 bits per heavy atom. The van der Waals surface area contributed by atoms with Gasteiger partial charge in [0.2, 0.25) is 0 Å². The van der Waals surface area contributed by atoms with Crippen molar-refractivity contribution in [1.29, 1.82) is 5.41 Å². The first kappa shape index (κ1) is 31.7. The molecule has 53 heavy (non-hydrogen) atoms. The summed E-state index contributed by atoms with van der Waals surface area (Å²) in [6.45, 7) is 0. The highest BCUT2D eigenvalue weighted by Crippen LogP contribution is 2.36. The largest absolute Gasteiger partial charge is 0.299 e. The fourth-order valence-corrected chi connectivity index (χ4v) is 6.76. The fourth-order valence-electron chi connectivity index (χ4n) is 6.76. The number of rotatable bonds is 7. The van der Waals surface area contributed by atoms with E-state index >= 15 is 0 Å². The van der Waals surface area contributed by atoms with Gasteiger partial charge in [-0.15, -0.1) is 0 Å². The number of fused-ring (bicyclic) bond motifs is 3. The number of anilines is 1. The Bertz CT molecular complexity index is 2680. The zero-order valence-electron chi connectivity index (χ0n) is 28.6. The van der Waals surface area contributed by atoms with E-state index in [1.54, 1.807) is 6.08 Å². The van der Waals surface area contributed by atoms with Crippen molar-refractivity contribution < 1.29 is 0 Å². The van der Waals surface area contributed by atoms with Crippen LogP contribution in [0.3, 0.4) is 0 Å². The molecule has 8 aromatic rings. The van der Waals surface area contributed by atoms with Gasteiger partial charge in [-0.25, -0.2) is 15.0 Å². The molecular weight excluding hydrogens is 649 g/mol. The van der Waals surface area contributed by atoms with Gasteiger partial charge in [0.15, 0.2) is 17.5 Å². The molecule has 0 unspecified atom stereocenters. The van der Waals surface area contributed by atoms with Crippen molar-refractivity contribution in [2.24, 2.45) is 5.10 Å². The van der Waals surface area contributed by atoms with Crippen LogP contribution in [0, 0.1) is 5.41 Å². The highest BCUT2D eigenvalue weighted by Gasteiger charge is 2.21. The monoisotopic (exact) mass is 680 g/mol. The van der Waals surface area contributed by atoms with Crippen LogP contribution in [0.5, 0.6) is 0 Å². The average molecular weight is 681 g/mol. The molecule has 0 saturated heterocycles. The van der Waals surface area contributed by atoms with Crippen molar-refractivity contribution in [3.63, 3.8) is 0 Å². The van der Waals surface area contributed by atoms with Crippen molar-refractivity contribution in [2.45, 2.75) is 0 Å². The highest BCUT2D eigenvalue weighted by molar-refractivity contribution is 6.55. The van der Waals surface area contributed by atoms with E-state index in [-0.39, 0.29) is 0 Å². The molecule has 2 N–H and O–H groups in total. The van der Waals surface area contributed by atoms with Crippen molar-refractivity contribution in [1.82, 2.24) is 15.0 Å². The number of nitrogens with zero attached hydrogens (tertiary/aromatic N) is 4. The topological polar surface area (TPSA) is 86.9 Å². The van der Waals surface area contributed by atoms with E-state index in [0.29, 0.717) is 28.9 Å². The van der Waals surface area contributed by atoms with Crippen LogP contribution in [0.25, 0.3) is 73.3 Å². The molecule has 0 aliphatic heterocycles. The molecule has 1 heterocycles. The minimum absolute atomic E-state index is 0.349. The smallest absolute Gasteiger partial charge is 0.164 e. The van der Waals surface area contributed by atoms with Gasteiger partial charge in [0.05, 0.1) is 11.4 Å². The number of allylic oxidation sites excluding steroid dienone is 1. The zero-order chi connectivity index (χ0) is 35.6. The zero-order valence-corrected chi connectivity index (χ0v) is 28.6. The minimum atomic E-state index is 0.349. The lowest BCUT2D eigenvalue weighted by atomic mass is 9.87. The van der Waals surface area contributed by atoms with Crippen LogP contribution in [0.4, 0.5) is 5.69 Å². The molecule has 0 radical (unpaired) electrons. The number of nitrogens with one attached hydrogen (secondary N) is 2. The maximum absolute atomic E-state index is 8.84. The summed E-state index contributed by atoms with van der Waals surface area (Å²) in [6.07, 6.45) is 3.79. The number of hydrogen-bond acceptors (Lipinski definition) is 6. The Kier molecular flexibility index (Phi) is 8.23. The quantitative estimate of drug-likeness (QED) is 0.164. The van der Waals surface area contributed by atoms with Crippen molar-refractivity contribution >= 4 is 34.0 Å². The van der Waals surface area contributed by atoms with E-state index < -0.39 is 0 Å². The Morgan fingerprint density at radius 1 is 0.453 bits per heavy atom. The summed E-state index contributed by atoms with van der Waals surface area (Å²) in [4.78, 5) is 15.2. The third kappa shape index (κ3) is 6.30. The van der Waals surface area contributed by atoms with Crippen LogP contribution in [-0.2, 0) is 0 Å². The number of para-hydroxylation sites is 1. The molecule has 7 aromatic carbocycles. The van der Waals surface area contributed by atoms with E-state index in [0.717, 1.165) is 66.5 Å². The first-order valence-corrected chi connectivity index (χ1v) is 17.5. The lowest BCUT2D eigenvalue weighted by molar-refractivity contribution is 1.07. The van der Waals surface area contributed by atoms with E-state index in [1.807, 2.05) is 97.1 Å². The average Bonchev–Trinajstić information content (AvgIpc) is 3.24. The van der Waals surface area contributed by atoms with Gasteiger partial charge >= 0.3 is 0 Å². The molecule has 0 saturated carbocycles. The molecular formula is C47H32N6. The number of hydrogen-bond donors (Lipinski definition) is 2. The molecule has 0 bridgehead atoms. The lowest BCUT2D eigenvalue weighted by Crippen LogP contribution is -2.19. The molecule has 250 valence electrons. The number of aromatic nitrogens is 3. The lowest BCUT2D eigenvalue weighted by Gasteiger charge is -2.18. The van der Waals surface area contributed by atoms with Gasteiger partial charge in [0.1, 0.15) is 5.71 Å². The predicted octanol–water partition coefficient (Wildman–Crippen LogP) is 11.2. The first-order chi connectivity index (χ1) is 26.2. The van der Waals surface area contributed by atoms with Gasteiger partial charge in [0.25, 0.3) is 0 Å². The van der Waals surface area contributed by atoms with Crippen LogP contribution < -0.4 is 5.43 Å². The Morgan fingerprint density at radius 2 is 0.981 bits per heavy atom. The Balaban J connectivity index is 1.17. The van der Waals surface area contributed by atoms with E-state index in [4.69, 9.17) is 25.5 Å². The van der Waals surface area contributed by atoms with Crippen LogP contribution in [0.1, 0.15) is 11.1 Å². The van der Waals surface area contributed by atoms with E-state index in [2.05, 4.69) is 84.3 Å². The predicted molar refractivity (Wildman–Crippen MR) is 218 cm³/mol. The summed E-state index contributed by atoms with van der Waals surface area (Å²) < 4.78 is 0. The van der Waals surface area contributed by atoms with Crippen LogP contribution in [0.15, 0.2) is 181 Å². The van der Waals surface area contributed by atoms with Crippen molar-refractivity contribution in [2.75, 3.05) is 5.43 Å². The maximum Gasteiger partial charge on any atom is 0.164 e. The van der Waals surface area contributed by atoms with E-state index in [1.165, 1.54) is 0 Å². The molecule has 0 atom stereocenters. The second-order valence-electron chi connectivity index (χ2n) is 12.8. The van der Waals surface area contributed by atoms with E-state index in [9.17, 15) is 0 Å². The molecule has 1 aliphatic carbocycles.